The highest BCUT2D eigenvalue weighted by Crippen LogP contribution is 2.45. The molecule has 0 spiro atoms. The fourth-order valence-electron chi connectivity index (χ4n) is 5.72. The molecular formula is C33H24BrN3O5. The minimum absolute atomic E-state index is 0.0709. The van der Waals surface area contributed by atoms with E-state index in [9.17, 15) is 24.8 Å². The second-order valence-corrected chi connectivity index (χ2v) is 11.1. The molecule has 8 nitrogen and oxygen atoms in total. The quantitative estimate of drug-likeness (QED) is 0.163. The zero-order valence-corrected chi connectivity index (χ0v) is 24.3. The third-order valence-corrected chi connectivity index (χ3v) is 8.05. The highest BCUT2D eigenvalue weighted by Gasteiger charge is 2.38. The number of nitrogens with zero attached hydrogens (tertiary/aromatic N) is 3. The Morgan fingerprint density at radius 3 is 2.17 bits per heavy atom. The number of nitro groups is 1. The largest absolute Gasteiger partial charge is 0.507 e. The van der Waals surface area contributed by atoms with Crippen molar-refractivity contribution in [1.29, 1.82) is 0 Å². The number of aryl methyl sites for hydroxylation is 2. The number of rotatable bonds is 5. The Morgan fingerprint density at radius 1 is 0.857 bits per heavy atom. The second-order valence-electron chi connectivity index (χ2n) is 10.2. The Kier molecular flexibility index (Phi) is 6.74. The van der Waals surface area contributed by atoms with Crippen LogP contribution >= 0.6 is 15.9 Å². The molecule has 208 valence electrons. The number of nitro benzene ring substituents is 1. The first kappa shape index (κ1) is 27.2. The van der Waals surface area contributed by atoms with Gasteiger partial charge in [-0.3, -0.25) is 24.3 Å². The number of phenolic OH excluding ortho intramolecular Hbond substituents is 1. The van der Waals surface area contributed by atoms with Crippen LogP contribution in [0.3, 0.4) is 0 Å². The van der Waals surface area contributed by atoms with Crippen molar-refractivity contribution < 1.29 is 14.8 Å². The average Bonchev–Trinajstić information content (AvgIpc) is 3.30. The van der Waals surface area contributed by atoms with Crippen LogP contribution in [-0.4, -0.2) is 20.5 Å². The molecule has 0 radical (unpaired) electrons. The number of fused-ring (bicyclic) bond motifs is 1. The van der Waals surface area contributed by atoms with Gasteiger partial charge >= 0.3 is 0 Å². The summed E-state index contributed by atoms with van der Waals surface area (Å²) in [6.07, 6.45) is 0. The van der Waals surface area contributed by atoms with Gasteiger partial charge in [0.2, 0.25) is 0 Å². The number of hydrogen-bond acceptors (Lipinski definition) is 5. The molecule has 1 aromatic heterocycles. The lowest BCUT2D eigenvalue weighted by molar-refractivity contribution is -0.384. The summed E-state index contributed by atoms with van der Waals surface area (Å²) in [7, 11) is 0. The smallest absolute Gasteiger partial charge is 0.276 e. The minimum atomic E-state index is -0.503. The second kappa shape index (κ2) is 10.4. The number of hydrogen-bond donors (Lipinski definition) is 1. The van der Waals surface area contributed by atoms with E-state index in [4.69, 9.17) is 0 Å². The highest BCUT2D eigenvalue weighted by molar-refractivity contribution is 9.10. The van der Waals surface area contributed by atoms with Crippen LogP contribution in [0.4, 0.5) is 11.4 Å². The first-order valence-electron chi connectivity index (χ1n) is 13.2. The van der Waals surface area contributed by atoms with Crippen molar-refractivity contribution in [2.24, 2.45) is 0 Å². The molecule has 5 aromatic rings. The number of non-ortho nitro benzene ring substituents is 1. The lowest BCUT2D eigenvalue weighted by atomic mass is 9.90. The molecule has 0 saturated carbocycles. The highest BCUT2D eigenvalue weighted by atomic mass is 79.9. The van der Waals surface area contributed by atoms with E-state index in [-0.39, 0.29) is 35.1 Å². The number of aromatic hydroxyl groups is 1. The van der Waals surface area contributed by atoms with Crippen molar-refractivity contribution in [3.8, 4) is 33.7 Å². The van der Waals surface area contributed by atoms with Crippen LogP contribution in [0.25, 0.3) is 27.9 Å². The zero-order valence-electron chi connectivity index (χ0n) is 22.7. The van der Waals surface area contributed by atoms with Gasteiger partial charge in [-0.25, -0.2) is 0 Å². The van der Waals surface area contributed by atoms with Gasteiger partial charge in [0.15, 0.2) is 0 Å². The Hall–Kier alpha value is -5.02. The minimum Gasteiger partial charge on any atom is -0.507 e. The first-order valence-corrected chi connectivity index (χ1v) is 14.0. The fourth-order valence-corrected chi connectivity index (χ4v) is 6.08. The van der Waals surface area contributed by atoms with Gasteiger partial charge in [0, 0.05) is 39.0 Å². The molecule has 1 N–H and O–H groups in total. The van der Waals surface area contributed by atoms with E-state index in [1.54, 1.807) is 41.3 Å². The number of para-hydroxylation sites is 2. The summed E-state index contributed by atoms with van der Waals surface area (Å²) in [6, 6.07) is 25.4. The summed E-state index contributed by atoms with van der Waals surface area (Å²) in [6.45, 7) is 4.02. The van der Waals surface area contributed by atoms with E-state index in [0.29, 0.717) is 32.4 Å². The summed E-state index contributed by atoms with van der Waals surface area (Å²) in [5, 5.41) is 22.5. The average molecular weight is 622 g/mol. The number of anilines is 1. The summed E-state index contributed by atoms with van der Waals surface area (Å²) in [5.41, 5.74) is 4.64. The number of amides is 1. The van der Waals surface area contributed by atoms with E-state index in [2.05, 4.69) is 15.9 Å². The van der Waals surface area contributed by atoms with Crippen LogP contribution in [0.15, 0.2) is 100 Å². The van der Waals surface area contributed by atoms with Crippen molar-refractivity contribution in [2.75, 3.05) is 4.90 Å². The number of aromatic nitrogens is 1. The van der Waals surface area contributed by atoms with Crippen LogP contribution < -0.4 is 10.5 Å². The molecule has 1 amide bonds. The third-order valence-electron chi connectivity index (χ3n) is 7.56. The van der Waals surface area contributed by atoms with E-state index in [1.165, 1.54) is 34.9 Å². The Morgan fingerprint density at radius 2 is 1.52 bits per heavy atom. The van der Waals surface area contributed by atoms with Crippen LogP contribution in [0, 0.1) is 24.0 Å². The summed E-state index contributed by atoms with van der Waals surface area (Å²) in [4.78, 5) is 41.6. The molecule has 1 aliphatic heterocycles. The normalized spacial score (nSPS) is 12.5. The maximum atomic E-state index is 14.6. The van der Waals surface area contributed by atoms with Gasteiger partial charge in [0.1, 0.15) is 11.4 Å². The Bertz CT molecular complexity index is 1950. The molecular weight excluding hydrogens is 598 g/mol. The third kappa shape index (κ3) is 4.38. The number of carbonyl (C=O) groups is 1. The molecule has 0 bridgehead atoms. The number of phenols is 1. The van der Waals surface area contributed by atoms with Crippen molar-refractivity contribution in [3.63, 3.8) is 0 Å². The molecule has 0 aliphatic carbocycles. The Labute approximate surface area is 249 Å². The van der Waals surface area contributed by atoms with E-state index in [1.807, 2.05) is 38.1 Å². The molecule has 42 heavy (non-hydrogen) atoms. The molecule has 1 aliphatic rings. The van der Waals surface area contributed by atoms with Crippen molar-refractivity contribution >= 4 is 33.2 Å². The maximum absolute atomic E-state index is 14.6. The van der Waals surface area contributed by atoms with Crippen molar-refractivity contribution in [3.05, 3.63) is 138 Å². The molecule has 2 heterocycles. The Balaban J connectivity index is 1.76. The number of halogens is 1. The predicted octanol–water partition coefficient (Wildman–Crippen LogP) is 7.33. The van der Waals surface area contributed by atoms with Crippen LogP contribution in [0.1, 0.15) is 27.2 Å². The monoisotopic (exact) mass is 621 g/mol. The fraction of sp³-hybridized carbons (Fsp3) is 0.0909. The number of benzene rings is 4. The lowest BCUT2D eigenvalue weighted by Crippen LogP contribution is -2.30. The van der Waals surface area contributed by atoms with Crippen LogP contribution in [-0.2, 0) is 6.54 Å². The van der Waals surface area contributed by atoms with E-state index in [0.717, 1.165) is 16.8 Å². The molecule has 9 heteroatoms. The molecule has 6 rings (SSSR count). The topological polar surface area (TPSA) is 106 Å². The van der Waals surface area contributed by atoms with Gasteiger partial charge in [-0.05, 0) is 73.0 Å². The van der Waals surface area contributed by atoms with Gasteiger partial charge in [-0.1, -0.05) is 52.3 Å². The van der Waals surface area contributed by atoms with Gasteiger partial charge in [-0.2, -0.15) is 0 Å². The summed E-state index contributed by atoms with van der Waals surface area (Å²) >= 11 is 3.48. The standard InChI is InChI=1S/C33H24BrN3O5/c1-19-7-6-8-20(2)30(19)35-18-26-29(25-17-22(34)13-16-27(25)38)28(21-11-14-24(15-12-21)37(41)42)32(39)36(31(26)33(35)40)23-9-4-3-5-10-23/h3-17,38H,18H2,1-2H3. The molecule has 0 fully saturated rings. The van der Waals surface area contributed by atoms with Gasteiger partial charge < -0.3 is 10.0 Å². The molecule has 0 saturated heterocycles. The maximum Gasteiger partial charge on any atom is 0.276 e. The van der Waals surface area contributed by atoms with Gasteiger partial charge in [0.05, 0.1) is 22.7 Å². The lowest BCUT2D eigenvalue weighted by Gasteiger charge is -2.21. The van der Waals surface area contributed by atoms with E-state index < -0.39 is 10.5 Å². The molecule has 0 unspecified atom stereocenters. The van der Waals surface area contributed by atoms with Crippen molar-refractivity contribution in [2.45, 2.75) is 20.4 Å². The first-order chi connectivity index (χ1) is 20.2. The van der Waals surface area contributed by atoms with Crippen LogP contribution in [0.5, 0.6) is 5.75 Å². The summed E-state index contributed by atoms with van der Waals surface area (Å²) in [5.74, 6) is -0.410. The van der Waals surface area contributed by atoms with Crippen LogP contribution in [0.2, 0.25) is 0 Å². The van der Waals surface area contributed by atoms with E-state index >= 15 is 0 Å². The molecule has 0 atom stereocenters. The number of pyridine rings is 1. The summed E-state index contributed by atoms with van der Waals surface area (Å²) < 4.78 is 2.09. The zero-order chi connectivity index (χ0) is 29.7. The van der Waals surface area contributed by atoms with Gasteiger partial charge in [0.25, 0.3) is 17.2 Å². The van der Waals surface area contributed by atoms with Crippen molar-refractivity contribution in [1.82, 2.24) is 4.57 Å². The van der Waals surface area contributed by atoms with Gasteiger partial charge in [-0.15, -0.1) is 0 Å². The SMILES string of the molecule is Cc1cccc(C)c1N1Cc2c(-c3cc(Br)ccc3O)c(-c3ccc([N+](=O)[O-])cc3)c(=O)n(-c3ccccc3)c2C1=O. The number of carbonyl (C=O) groups excluding carboxylic acids is 1. The molecule has 4 aromatic carbocycles. The predicted molar refractivity (Wildman–Crippen MR) is 165 cm³/mol.